The van der Waals surface area contributed by atoms with Gasteiger partial charge in [0.25, 0.3) is 0 Å². The molecule has 1 aromatic heterocycles. The summed E-state index contributed by atoms with van der Waals surface area (Å²) in [6.07, 6.45) is -1.56. The fourth-order valence-electron chi connectivity index (χ4n) is 4.40. The molecule has 2 aromatic carbocycles. The molecule has 0 fully saturated rings. The van der Waals surface area contributed by atoms with Crippen LogP contribution in [0.4, 0.5) is 19.0 Å². The third-order valence-electron chi connectivity index (χ3n) is 6.33. The molecular formula is C29H31F3N2O4. The molecule has 0 unspecified atom stereocenters. The molecule has 0 amide bonds. The largest absolute Gasteiger partial charge is 0.497 e. The van der Waals surface area contributed by atoms with Gasteiger partial charge in [-0.25, -0.2) is 4.98 Å². The number of aryl methyl sites for hydroxylation is 1. The molecule has 1 heterocycles. The number of methoxy groups -OCH3 is 1. The number of anilines is 1. The summed E-state index contributed by atoms with van der Waals surface area (Å²) in [7, 11) is 1.55. The lowest BCUT2D eigenvalue weighted by Crippen LogP contribution is -2.15. The molecule has 38 heavy (non-hydrogen) atoms. The zero-order valence-corrected chi connectivity index (χ0v) is 21.4. The fourth-order valence-corrected chi connectivity index (χ4v) is 4.40. The highest BCUT2D eigenvalue weighted by molar-refractivity contribution is 5.70. The predicted molar refractivity (Wildman–Crippen MR) is 138 cm³/mol. The third-order valence-corrected chi connectivity index (χ3v) is 6.33. The molecule has 0 spiro atoms. The van der Waals surface area contributed by atoms with Crippen LogP contribution in [0.5, 0.6) is 11.5 Å². The van der Waals surface area contributed by atoms with Crippen molar-refractivity contribution in [2.75, 3.05) is 25.6 Å². The van der Waals surface area contributed by atoms with Crippen LogP contribution in [-0.2, 0) is 22.1 Å². The van der Waals surface area contributed by atoms with Gasteiger partial charge in [-0.1, -0.05) is 13.0 Å². The summed E-state index contributed by atoms with van der Waals surface area (Å²) in [5.41, 5.74) is 2.39. The monoisotopic (exact) mass is 528 g/mol. The summed E-state index contributed by atoms with van der Waals surface area (Å²) in [4.78, 5) is 16.1. The second-order valence-corrected chi connectivity index (χ2v) is 9.08. The highest BCUT2D eigenvalue weighted by Gasteiger charge is 2.34. The van der Waals surface area contributed by atoms with Crippen LogP contribution in [0.1, 0.15) is 55.4 Å². The Morgan fingerprint density at radius 3 is 2.55 bits per heavy atom. The third kappa shape index (κ3) is 6.76. The smallest absolute Gasteiger partial charge is 0.419 e. The number of carbonyl (C=O) groups is 1. The molecule has 1 aliphatic carbocycles. The molecule has 0 aliphatic heterocycles. The van der Waals surface area contributed by atoms with E-state index in [4.69, 9.17) is 14.2 Å². The lowest BCUT2D eigenvalue weighted by Gasteiger charge is -2.16. The number of nitrogens with one attached hydrogen (secondary N) is 1. The van der Waals surface area contributed by atoms with Gasteiger partial charge in [0.1, 0.15) is 23.4 Å². The summed E-state index contributed by atoms with van der Waals surface area (Å²) in [5, 5.41) is 2.83. The number of hydrogen-bond acceptors (Lipinski definition) is 6. The van der Waals surface area contributed by atoms with Crippen LogP contribution in [-0.4, -0.2) is 31.2 Å². The average molecular weight is 529 g/mol. The normalized spacial score (nSPS) is 14.6. The number of hydrogen-bond donors (Lipinski definition) is 1. The quantitative estimate of drug-likeness (QED) is 0.214. The van der Waals surface area contributed by atoms with Gasteiger partial charge in [0.2, 0.25) is 0 Å². The van der Waals surface area contributed by atoms with Gasteiger partial charge in [0, 0.05) is 18.5 Å². The average Bonchev–Trinajstić information content (AvgIpc) is 3.29. The van der Waals surface area contributed by atoms with Crippen molar-refractivity contribution in [2.24, 2.45) is 0 Å². The van der Waals surface area contributed by atoms with Crippen molar-refractivity contribution in [1.82, 2.24) is 4.98 Å². The van der Waals surface area contributed by atoms with Crippen molar-refractivity contribution < 1.29 is 32.2 Å². The molecule has 3 aromatic rings. The van der Waals surface area contributed by atoms with Crippen LogP contribution in [0.25, 0.3) is 11.3 Å². The van der Waals surface area contributed by atoms with E-state index in [9.17, 15) is 18.0 Å². The Balaban J connectivity index is 1.33. The van der Waals surface area contributed by atoms with Gasteiger partial charge in [0.05, 0.1) is 25.0 Å². The van der Waals surface area contributed by atoms with Gasteiger partial charge in [0.15, 0.2) is 0 Å². The van der Waals surface area contributed by atoms with Crippen LogP contribution < -0.4 is 14.8 Å². The predicted octanol–water partition coefficient (Wildman–Crippen LogP) is 6.99. The van der Waals surface area contributed by atoms with E-state index in [0.717, 1.165) is 36.5 Å². The summed E-state index contributed by atoms with van der Waals surface area (Å²) in [6, 6.07) is 15.1. The van der Waals surface area contributed by atoms with E-state index in [0.29, 0.717) is 42.2 Å². The maximum atomic E-state index is 13.6. The molecular weight excluding hydrogens is 497 g/mol. The van der Waals surface area contributed by atoms with Crippen LogP contribution >= 0.6 is 0 Å². The Bertz CT molecular complexity index is 1250. The van der Waals surface area contributed by atoms with E-state index in [1.165, 1.54) is 6.07 Å². The first kappa shape index (κ1) is 27.3. The molecule has 6 nitrogen and oxygen atoms in total. The van der Waals surface area contributed by atoms with E-state index < -0.39 is 11.7 Å². The van der Waals surface area contributed by atoms with Crippen LogP contribution in [0.3, 0.4) is 0 Å². The van der Waals surface area contributed by atoms with Gasteiger partial charge in [-0.05, 0) is 85.3 Å². The molecule has 0 saturated heterocycles. The van der Waals surface area contributed by atoms with Crippen LogP contribution in [0.15, 0.2) is 54.6 Å². The standard InChI is InChI=1S/C29H31F3N2O4/c1-3-5-27(35)38-26-15-8-20-18-22(11-12-23(20)26)37-17-4-16-33-28-24(29(30,31)32)13-14-25(34-28)19-6-9-21(36-2)10-7-19/h6-7,9-14,18,26H,3-5,8,15-17H2,1-2H3,(H,33,34)/t26-/m0/s1. The first-order valence-electron chi connectivity index (χ1n) is 12.7. The van der Waals surface area contributed by atoms with Gasteiger partial charge in [-0.3, -0.25) is 4.79 Å². The Hall–Kier alpha value is -3.75. The van der Waals surface area contributed by atoms with Gasteiger partial charge >= 0.3 is 12.1 Å². The number of benzene rings is 2. The maximum absolute atomic E-state index is 13.6. The summed E-state index contributed by atoms with van der Waals surface area (Å²) < 4.78 is 57.3. The van der Waals surface area contributed by atoms with Crippen molar-refractivity contribution >= 4 is 11.8 Å². The number of alkyl halides is 3. The number of pyridine rings is 1. The summed E-state index contributed by atoms with van der Waals surface area (Å²) >= 11 is 0. The maximum Gasteiger partial charge on any atom is 0.419 e. The van der Waals surface area contributed by atoms with E-state index in [2.05, 4.69) is 10.3 Å². The molecule has 1 N–H and O–H groups in total. The minimum Gasteiger partial charge on any atom is -0.497 e. The minimum atomic E-state index is -4.53. The van der Waals surface area contributed by atoms with E-state index in [1.54, 1.807) is 31.4 Å². The summed E-state index contributed by atoms with van der Waals surface area (Å²) in [6.45, 7) is 2.51. The molecule has 1 aliphatic rings. The topological polar surface area (TPSA) is 69.7 Å². The first-order chi connectivity index (χ1) is 18.3. The Labute approximate surface area is 220 Å². The van der Waals surface area contributed by atoms with Gasteiger partial charge in [-0.15, -0.1) is 0 Å². The Morgan fingerprint density at radius 1 is 1.08 bits per heavy atom. The molecule has 9 heteroatoms. The van der Waals surface area contributed by atoms with Crippen molar-refractivity contribution in [3.63, 3.8) is 0 Å². The number of halogens is 3. The lowest BCUT2D eigenvalue weighted by atomic mass is 10.1. The first-order valence-corrected chi connectivity index (χ1v) is 12.7. The molecule has 1 atom stereocenters. The number of fused-ring (bicyclic) bond motifs is 1. The number of ether oxygens (including phenoxy) is 3. The van der Waals surface area contributed by atoms with Crippen LogP contribution in [0.2, 0.25) is 0 Å². The molecule has 0 bridgehead atoms. The zero-order valence-electron chi connectivity index (χ0n) is 21.4. The minimum absolute atomic E-state index is 0.184. The van der Waals surface area contributed by atoms with E-state index >= 15 is 0 Å². The molecule has 202 valence electrons. The second kappa shape index (κ2) is 12.2. The van der Waals surface area contributed by atoms with E-state index in [1.807, 2.05) is 25.1 Å². The van der Waals surface area contributed by atoms with Crippen molar-refractivity contribution in [3.05, 3.63) is 71.3 Å². The van der Waals surface area contributed by atoms with Crippen molar-refractivity contribution in [1.29, 1.82) is 0 Å². The zero-order chi connectivity index (χ0) is 27.1. The highest BCUT2D eigenvalue weighted by atomic mass is 19.4. The van der Waals surface area contributed by atoms with Gasteiger partial charge < -0.3 is 19.5 Å². The van der Waals surface area contributed by atoms with Crippen LogP contribution in [0, 0.1) is 0 Å². The molecule has 0 saturated carbocycles. The van der Waals surface area contributed by atoms with Gasteiger partial charge in [-0.2, -0.15) is 13.2 Å². The van der Waals surface area contributed by atoms with E-state index in [-0.39, 0.29) is 24.4 Å². The number of rotatable bonds is 11. The lowest BCUT2D eigenvalue weighted by molar-refractivity contribution is -0.149. The van der Waals surface area contributed by atoms with Crippen molar-refractivity contribution in [3.8, 4) is 22.8 Å². The number of esters is 1. The molecule has 4 rings (SSSR count). The SMILES string of the molecule is CCCC(=O)O[C@H]1CCc2cc(OCCCNc3nc(-c4ccc(OC)cc4)ccc3C(F)(F)F)ccc21. The Morgan fingerprint density at radius 2 is 1.84 bits per heavy atom. The second-order valence-electron chi connectivity index (χ2n) is 9.08. The number of nitrogens with zero attached hydrogens (tertiary/aromatic N) is 1. The highest BCUT2D eigenvalue weighted by Crippen LogP contribution is 2.37. The number of aromatic nitrogens is 1. The fraction of sp³-hybridized carbons (Fsp3) is 0.379. The van der Waals surface area contributed by atoms with Crippen molar-refractivity contribution in [2.45, 2.75) is 51.3 Å². The Kier molecular flexibility index (Phi) is 8.76. The number of carbonyl (C=O) groups excluding carboxylic acids is 1. The summed E-state index contributed by atoms with van der Waals surface area (Å²) in [5.74, 6) is 0.931. The molecule has 0 radical (unpaired) electrons.